The topological polar surface area (TPSA) is 58.6 Å². The lowest BCUT2D eigenvalue weighted by Crippen LogP contribution is -2.34. The number of halogens is 3. The molecule has 3 rings (SSSR count). The van der Waals surface area contributed by atoms with Crippen LogP contribution in [-0.4, -0.2) is 31.5 Å². The van der Waals surface area contributed by atoms with E-state index in [0.717, 1.165) is 0 Å². The highest BCUT2D eigenvalue weighted by Gasteiger charge is 2.30. The van der Waals surface area contributed by atoms with Crippen LogP contribution in [0.2, 0.25) is 10.0 Å². The molecule has 5 nitrogen and oxygen atoms in total. The first-order valence-electron chi connectivity index (χ1n) is 8.33. The fourth-order valence-corrected chi connectivity index (χ4v) is 3.30. The highest BCUT2D eigenvalue weighted by atomic mass is 35.5. The van der Waals surface area contributed by atoms with E-state index in [4.69, 9.17) is 27.9 Å². The molecule has 1 saturated heterocycles. The molecule has 142 valence electrons. The second-order valence-electron chi connectivity index (χ2n) is 6.22. The lowest BCUT2D eigenvalue weighted by molar-refractivity contribution is -0.123. The standard InChI is InChI=1S/C19H17Cl2FN2O3/c20-13-1-6-17(16(21)8-13)27-11-18(25)23-9-12-7-19(26)24(10-12)15-4-2-14(22)3-5-15/h1-6,8,12H,7,9-11H2,(H,23,25). The molecule has 2 aromatic carbocycles. The Morgan fingerprint density at radius 1 is 1.22 bits per heavy atom. The Labute approximate surface area is 166 Å². The van der Waals surface area contributed by atoms with Crippen LogP contribution in [0.3, 0.4) is 0 Å². The summed E-state index contributed by atoms with van der Waals surface area (Å²) in [6, 6.07) is 10.5. The first-order valence-corrected chi connectivity index (χ1v) is 9.08. The second kappa shape index (κ2) is 8.59. The average molecular weight is 411 g/mol. The van der Waals surface area contributed by atoms with E-state index < -0.39 is 0 Å². The first-order chi connectivity index (χ1) is 12.9. The van der Waals surface area contributed by atoms with E-state index in [-0.39, 0.29) is 30.2 Å². The van der Waals surface area contributed by atoms with Gasteiger partial charge in [-0.2, -0.15) is 0 Å². The van der Waals surface area contributed by atoms with Crippen LogP contribution in [0.25, 0.3) is 0 Å². The molecule has 0 spiro atoms. The number of nitrogens with one attached hydrogen (secondary N) is 1. The molecule has 0 aromatic heterocycles. The first kappa shape index (κ1) is 19.5. The summed E-state index contributed by atoms with van der Waals surface area (Å²) in [6.07, 6.45) is 0.321. The number of anilines is 1. The van der Waals surface area contributed by atoms with Gasteiger partial charge in [-0.15, -0.1) is 0 Å². The van der Waals surface area contributed by atoms with Crippen LogP contribution in [0, 0.1) is 11.7 Å². The van der Waals surface area contributed by atoms with Crippen molar-refractivity contribution in [3.63, 3.8) is 0 Å². The Morgan fingerprint density at radius 3 is 2.67 bits per heavy atom. The number of rotatable bonds is 6. The second-order valence-corrected chi connectivity index (χ2v) is 7.06. The average Bonchev–Trinajstić information content (AvgIpc) is 3.00. The Morgan fingerprint density at radius 2 is 1.96 bits per heavy atom. The van der Waals surface area contributed by atoms with Crippen molar-refractivity contribution in [1.82, 2.24) is 5.32 Å². The molecule has 1 aliphatic rings. The minimum Gasteiger partial charge on any atom is -0.482 e. The van der Waals surface area contributed by atoms with Crippen LogP contribution in [0.15, 0.2) is 42.5 Å². The molecule has 0 saturated carbocycles. The summed E-state index contributed by atoms with van der Waals surface area (Å²) in [7, 11) is 0. The number of benzene rings is 2. The van der Waals surface area contributed by atoms with Crippen LogP contribution >= 0.6 is 23.2 Å². The molecule has 2 amide bonds. The van der Waals surface area contributed by atoms with Gasteiger partial charge in [0.25, 0.3) is 5.91 Å². The molecule has 1 aliphatic heterocycles. The number of hydrogen-bond acceptors (Lipinski definition) is 3. The third kappa shape index (κ3) is 5.11. The van der Waals surface area contributed by atoms with Gasteiger partial charge in [0.05, 0.1) is 5.02 Å². The lowest BCUT2D eigenvalue weighted by atomic mass is 10.1. The van der Waals surface area contributed by atoms with Gasteiger partial charge < -0.3 is 15.0 Å². The fourth-order valence-electron chi connectivity index (χ4n) is 2.83. The van der Waals surface area contributed by atoms with Crippen molar-refractivity contribution < 1.29 is 18.7 Å². The largest absolute Gasteiger partial charge is 0.482 e. The van der Waals surface area contributed by atoms with Crippen molar-refractivity contribution in [2.75, 3.05) is 24.6 Å². The van der Waals surface area contributed by atoms with Crippen molar-refractivity contribution in [3.8, 4) is 5.75 Å². The molecule has 1 atom stereocenters. The van der Waals surface area contributed by atoms with Gasteiger partial charge >= 0.3 is 0 Å². The molecule has 0 aliphatic carbocycles. The van der Waals surface area contributed by atoms with Gasteiger partial charge in [-0.05, 0) is 42.5 Å². The number of amides is 2. The molecule has 1 heterocycles. The lowest BCUT2D eigenvalue weighted by Gasteiger charge is -2.17. The summed E-state index contributed by atoms with van der Waals surface area (Å²) in [5.74, 6) is -0.367. The maximum absolute atomic E-state index is 13.0. The molecule has 1 N–H and O–H groups in total. The number of ether oxygens (including phenoxy) is 1. The van der Waals surface area contributed by atoms with Gasteiger partial charge in [0.1, 0.15) is 11.6 Å². The van der Waals surface area contributed by atoms with Crippen LogP contribution < -0.4 is 15.0 Å². The Balaban J connectivity index is 1.46. The summed E-state index contributed by atoms with van der Waals surface area (Å²) < 4.78 is 18.4. The minimum absolute atomic E-state index is 0.0226. The van der Waals surface area contributed by atoms with Crippen molar-refractivity contribution in [3.05, 3.63) is 58.3 Å². The Kier molecular flexibility index (Phi) is 6.19. The zero-order valence-corrected chi connectivity index (χ0v) is 15.8. The van der Waals surface area contributed by atoms with E-state index in [0.29, 0.717) is 41.0 Å². The normalized spacial score (nSPS) is 16.5. The smallest absolute Gasteiger partial charge is 0.257 e. The molecule has 1 fully saturated rings. The summed E-state index contributed by atoms with van der Waals surface area (Å²) >= 11 is 11.8. The highest BCUT2D eigenvalue weighted by Crippen LogP contribution is 2.27. The summed E-state index contributed by atoms with van der Waals surface area (Å²) in [5.41, 5.74) is 0.649. The minimum atomic E-state index is -0.352. The van der Waals surface area contributed by atoms with Gasteiger partial charge in [-0.3, -0.25) is 9.59 Å². The SMILES string of the molecule is O=C(COc1ccc(Cl)cc1Cl)NCC1CC(=O)N(c2ccc(F)cc2)C1. The Bertz CT molecular complexity index is 845. The molecular weight excluding hydrogens is 394 g/mol. The summed E-state index contributed by atoms with van der Waals surface area (Å²) in [4.78, 5) is 25.7. The quantitative estimate of drug-likeness (QED) is 0.789. The molecule has 8 heteroatoms. The molecule has 27 heavy (non-hydrogen) atoms. The van der Waals surface area contributed by atoms with Crippen LogP contribution in [0.5, 0.6) is 5.75 Å². The van der Waals surface area contributed by atoms with E-state index in [1.165, 1.54) is 18.2 Å². The molecular formula is C19H17Cl2FN2O3. The van der Waals surface area contributed by atoms with Gasteiger partial charge in [-0.1, -0.05) is 23.2 Å². The number of hydrogen-bond donors (Lipinski definition) is 1. The predicted molar refractivity (Wildman–Crippen MR) is 102 cm³/mol. The zero-order chi connectivity index (χ0) is 19.4. The predicted octanol–water partition coefficient (Wildman–Crippen LogP) is 3.68. The monoisotopic (exact) mass is 410 g/mol. The maximum atomic E-state index is 13.0. The van der Waals surface area contributed by atoms with Gasteiger partial charge in [0.2, 0.25) is 5.91 Å². The van der Waals surface area contributed by atoms with Crippen molar-refractivity contribution >= 4 is 40.7 Å². The van der Waals surface area contributed by atoms with Crippen molar-refractivity contribution in [2.24, 2.45) is 5.92 Å². The number of nitrogens with zero attached hydrogens (tertiary/aromatic N) is 1. The Hall–Kier alpha value is -2.31. The van der Waals surface area contributed by atoms with Gasteiger partial charge in [0, 0.05) is 36.1 Å². The third-order valence-electron chi connectivity index (χ3n) is 4.18. The van der Waals surface area contributed by atoms with E-state index >= 15 is 0 Å². The van der Waals surface area contributed by atoms with Gasteiger partial charge in [-0.25, -0.2) is 4.39 Å². The summed E-state index contributed by atoms with van der Waals surface area (Å²) in [5, 5.41) is 3.56. The molecule has 0 radical (unpaired) electrons. The number of carbonyl (C=O) groups is 2. The summed E-state index contributed by atoms with van der Waals surface area (Å²) in [6.45, 7) is 0.623. The van der Waals surface area contributed by atoms with Gasteiger partial charge in [0.15, 0.2) is 6.61 Å². The fraction of sp³-hybridized carbons (Fsp3) is 0.263. The van der Waals surface area contributed by atoms with E-state index in [2.05, 4.69) is 5.32 Å². The molecule has 0 bridgehead atoms. The number of carbonyl (C=O) groups excluding carboxylic acids is 2. The zero-order valence-electron chi connectivity index (χ0n) is 14.3. The van der Waals surface area contributed by atoms with Crippen LogP contribution in [0.1, 0.15) is 6.42 Å². The maximum Gasteiger partial charge on any atom is 0.257 e. The van der Waals surface area contributed by atoms with Crippen molar-refractivity contribution in [1.29, 1.82) is 0 Å². The van der Waals surface area contributed by atoms with E-state index in [1.54, 1.807) is 29.2 Å². The molecule has 1 unspecified atom stereocenters. The van der Waals surface area contributed by atoms with E-state index in [9.17, 15) is 14.0 Å². The van der Waals surface area contributed by atoms with Crippen molar-refractivity contribution in [2.45, 2.75) is 6.42 Å². The van der Waals surface area contributed by atoms with Crippen LogP contribution in [0.4, 0.5) is 10.1 Å². The highest BCUT2D eigenvalue weighted by molar-refractivity contribution is 6.35. The van der Waals surface area contributed by atoms with Crippen LogP contribution in [-0.2, 0) is 9.59 Å². The third-order valence-corrected chi connectivity index (χ3v) is 4.71. The van der Waals surface area contributed by atoms with E-state index in [1.807, 2.05) is 0 Å². The molecule has 2 aromatic rings.